The summed E-state index contributed by atoms with van der Waals surface area (Å²) in [7, 11) is 0. The van der Waals surface area contributed by atoms with Gasteiger partial charge >= 0.3 is 0 Å². The van der Waals surface area contributed by atoms with E-state index in [1.54, 1.807) is 24.3 Å². The molecule has 2 N–H and O–H groups in total. The molecule has 5 nitrogen and oxygen atoms in total. The maximum absolute atomic E-state index is 12.2. The molecule has 0 aliphatic rings. The number of anilines is 2. The van der Waals surface area contributed by atoms with E-state index in [9.17, 15) is 9.59 Å². The number of aromatic nitrogens is 1. The minimum atomic E-state index is -0.107. The summed E-state index contributed by atoms with van der Waals surface area (Å²) < 4.78 is 0.931. The molecule has 1 aromatic heterocycles. The fraction of sp³-hybridized carbons (Fsp3) is 0.211. The van der Waals surface area contributed by atoms with Crippen LogP contribution in [0.2, 0.25) is 5.02 Å². The van der Waals surface area contributed by atoms with Gasteiger partial charge in [0.25, 0.3) is 0 Å². The third-order valence-electron chi connectivity index (χ3n) is 3.70. The van der Waals surface area contributed by atoms with Gasteiger partial charge in [-0.2, -0.15) is 0 Å². The lowest BCUT2D eigenvalue weighted by molar-refractivity contribution is -0.119. The molecule has 1 heterocycles. The largest absolute Gasteiger partial charge is 0.326 e. The number of halogens is 1. The van der Waals surface area contributed by atoms with Crippen molar-refractivity contribution >= 4 is 55.8 Å². The Kier molecular flexibility index (Phi) is 5.54. The van der Waals surface area contributed by atoms with Gasteiger partial charge in [0.15, 0.2) is 5.13 Å². The van der Waals surface area contributed by atoms with Crippen molar-refractivity contribution in [3.63, 3.8) is 0 Å². The highest BCUT2D eigenvalue weighted by atomic mass is 35.5. The number of benzene rings is 2. The smallest absolute Gasteiger partial charge is 0.228 e. The van der Waals surface area contributed by atoms with Gasteiger partial charge in [0, 0.05) is 16.6 Å². The van der Waals surface area contributed by atoms with Crippen LogP contribution in [0.1, 0.15) is 19.4 Å². The summed E-state index contributed by atoms with van der Waals surface area (Å²) in [5.74, 6) is -0.273. The van der Waals surface area contributed by atoms with Gasteiger partial charge in [-0.1, -0.05) is 42.9 Å². The van der Waals surface area contributed by atoms with Crippen LogP contribution in [0.15, 0.2) is 42.5 Å². The molecule has 0 saturated heterocycles. The van der Waals surface area contributed by atoms with Gasteiger partial charge in [-0.15, -0.1) is 0 Å². The van der Waals surface area contributed by atoms with Crippen molar-refractivity contribution in [2.24, 2.45) is 5.92 Å². The fourth-order valence-electron chi connectivity index (χ4n) is 2.31. The van der Waals surface area contributed by atoms with Gasteiger partial charge in [0.05, 0.1) is 16.6 Å². The van der Waals surface area contributed by atoms with Crippen LogP contribution in [0.3, 0.4) is 0 Å². The number of thiazole rings is 1. The number of nitrogens with zero attached hydrogens (tertiary/aromatic N) is 1. The summed E-state index contributed by atoms with van der Waals surface area (Å²) in [5.41, 5.74) is 2.39. The van der Waals surface area contributed by atoms with Crippen LogP contribution >= 0.6 is 22.9 Å². The van der Waals surface area contributed by atoms with Crippen molar-refractivity contribution in [1.82, 2.24) is 4.98 Å². The maximum Gasteiger partial charge on any atom is 0.228 e. The molecule has 7 heteroatoms. The second-order valence-electron chi connectivity index (χ2n) is 6.20. The fourth-order valence-corrected chi connectivity index (χ4v) is 3.36. The molecule has 0 unspecified atom stereocenters. The molecule has 26 heavy (non-hydrogen) atoms. The molecular weight excluding hydrogens is 370 g/mol. The standard InChI is InChI=1S/C19H18ClN3O2S/c1-11(2)18(25)23-19-22-15-8-3-12(9-16(15)26-19)10-17(24)21-14-6-4-13(20)5-7-14/h3-9,11H,10H2,1-2H3,(H,21,24)(H,22,23,25). The van der Waals surface area contributed by atoms with Gasteiger partial charge in [-0.05, 0) is 42.0 Å². The first-order valence-corrected chi connectivity index (χ1v) is 9.36. The van der Waals surface area contributed by atoms with Gasteiger partial charge in [-0.25, -0.2) is 4.98 Å². The molecule has 3 aromatic rings. The maximum atomic E-state index is 12.2. The van der Waals surface area contributed by atoms with Crippen LogP contribution < -0.4 is 10.6 Å². The zero-order chi connectivity index (χ0) is 18.7. The number of carbonyl (C=O) groups excluding carboxylic acids is 2. The number of carbonyl (C=O) groups is 2. The van der Waals surface area contributed by atoms with Crippen molar-refractivity contribution in [2.75, 3.05) is 10.6 Å². The number of rotatable bonds is 5. The summed E-state index contributed by atoms with van der Waals surface area (Å²) >= 11 is 7.24. The normalized spacial score (nSPS) is 10.9. The van der Waals surface area contributed by atoms with Crippen LogP contribution in [-0.2, 0) is 16.0 Å². The van der Waals surface area contributed by atoms with Crippen molar-refractivity contribution in [1.29, 1.82) is 0 Å². The van der Waals surface area contributed by atoms with Crippen LogP contribution in [0.25, 0.3) is 10.2 Å². The lowest BCUT2D eigenvalue weighted by Crippen LogP contribution is -2.17. The predicted octanol–water partition coefficient (Wildman–Crippen LogP) is 4.73. The molecule has 0 aliphatic heterocycles. The molecule has 0 atom stereocenters. The SMILES string of the molecule is CC(C)C(=O)Nc1nc2ccc(CC(=O)Nc3ccc(Cl)cc3)cc2s1. The highest BCUT2D eigenvalue weighted by molar-refractivity contribution is 7.22. The van der Waals surface area contributed by atoms with E-state index < -0.39 is 0 Å². The van der Waals surface area contributed by atoms with E-state index in [4.69, 9.17) is 11.6 Å². The van der Waals surface area contributed by atoms with E-state index in [2.05, 4.69) is 15.6 Å². The van der Waals surface area contributed by atoms with E-state index in [0.29, 0.717) is 15.8 Å². The van der Waals surface area contributed by atoms with Crippen LogP contribution in [-0.4, -0.2) is 16.8 Å². The molecule has 0 spiro atoms. The number of fused-ring (bicyclic) bond motifs is 1. The Morgan fingerprint density at radius 2 is 1.85 bits per heavy atom. The Labute approximate surface area is 160 Å². The van der Waals surface area contributed by atoms with Crippen LogP contribution in [0.5, 0.6) is 0 Å². The molecule has 2 amide bonds. The van der Waals surface area contributed by atoms with Gasteiger partial charge < -0.3 is 10.6 Å². The molecule has 0 saturated carbocycles. The van der Waals surface area contributed by atoms with E-state index in [1.807, 2.05) is 32.0 Å². The Hall–Kier alpha value is -2.44. The van der Waals surface area contributed by atoms with Crippen molar-refractivity contribution in [3.8, 4) is 0 Å². The number of nitrogens with one attached hydrogen (secondary N) is 2. The molecule has 0 radical (unpaired) electrons. The Morgan fingerprint density at radius 3 is 2.54 bits per heavy atom. The summed E-state index contributed by atoms with van der Waals surface area (Å²) in [6.07, 6.45) is 0.254. The highest BCUT2D eigenvalue weighted by Crippen LogP contribution is 2.27. The Balaban J connectivity index is 1.69. The van der Waals surface area contributed by atoms with E-state index in [-0.39, 0.29) is 24.2 Å². The summed E-state index contributed by atoms with van der Waals surface area (Å²) in [6, 6.07) is 12.6. The first-order chi connectivity index (χ1) is 12.4. The summed E-state index contributed by atoms with van der Waals surface area (Å²) in [4.78, 5) is 28.4. The average Bonchev–Trinajstić information content (AvgIpc) is 2.98. The Bertz CT molecular complexity index is 951. The minimum absolute atomic E-state index is 0.0633. The van der Waals surface area contributed by atoms with E-state index in [1.165, 1.54) is 11.3 Å². The molecule has 0 fully saturated rings. The quantitative estimate of drug-likeness (QED) is 0.665. The molecule has 0 aliphatic carbocycles. The first kappa shape index (κ1) is 18.4. The van der Waals surface area contributed by atoms with Crippen LogP contribution in [0.4, 0.5) is 10.8 Å². The Morgan fingerprint density at radius 1 is 1.12 bits per heavy atom. The zero-order valence-corrected chi connectivity index (χ0v) is 15.9. The second kappa shape index (κ2) is 7.85. The van der Waals surface area contributed by atoms with Crippen molar-refractivity contribution in [2.45, 2.75) is 20.3 Å². The van der Waals surface area contributed by atoms with Gasteiger partial charge in [-0.3, -0.25) is 9.59 Å². The molecule has 3 rings (SSSR count). The summed E-state index contributed by atoms with van der Waals surface area (Å²) in [5, 5.41) is 6.84. The molecule has 0 bridgehead atoms. The van der Waals surface area contributed by atoms with E-state index >= 15 is 0 Å². The lowest BCUT2D eigenvalue weighted by Gasteiger charge is -2.05. The highest BCUT2D eigenvalue weighted by Gasteiger charge is 2.12. The van der Waals surface area contributed by atoms with Crippen LogP contribution in [0, 0.1) is 5.92 Å². The van der Waals surface area contributed by atoms with Gasteiger partial charge in [0.1, 0.15) is 0 Å². The topological polar surface area (TPSA) is 71.1 Å². The molecule has 134 valence electrons. The third-order valence-corrected chi connectivity index (χ3v) is 4.89. The molecular formula is C19H18ClN3O2S. The lowest BCUT2D eigenvalue weighted by atomic mass is 10.1. The van der Waals surface area contributed by atoms with Crippen molar-refractivity contribution < 1.29 is 9.59 Å². The zero-order valence-electron chi connectivity index (χ0n) is 14.4. The average molecular weight is 388 g/mol. The van der Waals surface area contributed by atoms with E-state index in [0.717, 1.165) is 15.8 Å². The predicted molar refractivity (Wildman–Crippen MR) is 107 cm³/mol. The third kappa shape index (κ3) is 4.59. The van der Waals surface area contributed by atoms with Crippen molar-refractivity contribution in [3.05, 3.63) is 53.1 Å². The van der Waals surface area contributed by atoms with Gasteiger partial charge in [0.2, 0.25) is 11.8 Å². The summed E-state index contributed by atoms with van der Waals surface area (Å²) in [6.45, 7) is 3.67. The number of amides is 2. The second-order valence-corrected chi connectivity index (χ2v) is 7.66. The number of hydrogen-bond acceptors (Lipinski definition) is 4. The first-order valence-electron chi connectivity index (χ1n) is 8.16. The monoisotopic (exact) mass is 387 g/mol. The molecule has 2 aromatic carbocycles. The number of hydrogen-bond donors (Lipinski definition) is 2. The minimum Gasteiger partial charge on any atom is -0.326 e.